The lowest BCUT2D eigenvalue weighted by Crippen LogP contribution is -2.35. The van der Waals surface area contributed by atoms with E-state index in [1.165, 1.54) is 24.0 Å². The summed E-state index contributed by atoms with van der Waals surface area (Å²) < 4.78 is 13.9. The van der Waals surface area contributed by atoms with Crippen LogP contribution in [0.15, 0.2) is 18.2 Å². The van der Waals surface area contributed by atoms with Gasteiger partial charge in [-0.2, -0.15) is 0 Å². The van der Waals surface area contributed by atoms with Crippen LogP contribution in [0.2, 0.25) is 0 Å². The number of anilines is 1. The van der Waals surface area contributed by atoms with Crippen LogP contribution in [0.4, 0.5) is 10.1 Å². The lowest BCUT2D eigenvalue weighted by molar-refractivity contribution is -0.114. The van der Waals surface area contributed by atoms with E-state index in [2.05, 4.69) is 5.32 Å². The van der Waals surface area contributed by atoms with E-state index in [0.29, 0.717) is 12.2 Å². The van der Waals surface area contributed by atoms with Gasteiger partial charge in [0.25, 0.3) is 5.91 Å². The molecule has 0 saturated carbocycles. The summed E-state index contributed by atoms with van der Waals surface area (Å²) in [6.07, 6.45) is 1.67. The molecule has 2 amide bonds. The van der Waals surface area contributed by atoms with Crippen molar-refractivity contribution >= 4 is 17.5 Å². The van der Waals surface area contributed by atoms with Crippen LogP contribution in [0, 0.1) is 5.82 Å². The Kier molecular flexibility index (Phi) is 6.81. The molecule has 1 aromatic rings. The number of rotatable bonds is 7. The molecule has 0 radical (unpaired) electrons. The van der Waals surface area contributed by atoms with Crippen molar-refractivity contribution in [3.8, 4) is 0 Å². The first-order valence-corrected chi connectivity index (χ1v) is 6.96. The lowest BCUT2D eigenvalue weighted by Gasteiger charge is -2.22. The molecule has 2 N–H and O–H groups in total. The highest BCUT2D eigenvalue weighted by Crippen LogP contribution is 2.17. The van der Waals surface area contributed by atoms with Crippen LogP contribution in [-0.4, -0.2) is 41.5 Å². The van der Waals surface area contributed by atoms with Crippen LogP contribution < -0.4 is 5.32 Å². The number of benzene rings is 1. The first-order valence-electron chi connectivity index (χ1n) is 6.96. The van der Waals surface area contributed by atoms with E-state index in [-0.39, 0.29) is 24.6 Å². The lowest BCUT2D eigenvalue weighted by atomic mass is 10.1. The zero-order chi connectivity index (χ0) is 15.8. The van der Waals surface area contributed by atoms with Gasteiger partial charge < -0.3 is 15.3 Å². The number of aliphatic hydroxyl groups excluding tert-OH is 1. The number of aliphatic hydroxyl groups is 1. The number of unbranched alkanes of at least 4 members (excludes halogenated alkanes) is 1. The maximum Gasteiger partial charge on any atom is 0.256 e. The number of nitrogens with zero attached hydrogens (tertiary/aromatic N) is 1. The minimum atomic E-state index is -0.645. The standard InChI is InChI=1S/C15H21FN2O3/c1-3-4-7-18(8-9-19)15(21)13-10-12(17-11(2)20)5-6-14(13)16/h5-6,10,19H,3-4,7-9H2,1-2H3,(H,17,20). The van der Waals surface area contributed by atoms with Gasteiger partial charge in [0, 0.05) is 25.7 Å². The van der Waals surface area contributed by atoms with Crippen molar-refractivity contribution in [1.82, 2.24) is 4.90 Å². The molecule has 21 heavy (non-hydrogen) atoms. The number of carbonyl (C=O) groups is 2. The molecule has 0 atom stereocenters. The Morgan fingerprint density at radius 3 is 2.62 bits per heavy atom. The van der Waals surface area contributed by atoms with Crippen molar-refractivity contribution in [2.24, 2.45) is 0 Å². The molecule has 0 saturated heterocycles. The number of nitrogens with one attached hydrogen (secondary N) is 1. The SMILES string of the molecule is CCCCN(CCO)C(=O)c1cc(NC(C)=O)ccc1F. The summed E-state index contributed by atoms with van der Waals surface area (Å²) in [5, 5.41) is 11.5. The normalized spacial score (nSPS) is 10.3. The predicted molar refractivity (Wildman–Crippen MR) is 78.6 cm³/mol. The first kappa shape index (κ1) is 17.1. The van der Waals surface area contributed by atoms with E-state index in [9.17, 15) is 14.0 Å². The maximum absolute atomic E-state index is 13.9. The number of halogens is 1. The Balaban J connectivity index is 2.99. The van der Waals surface area contributed by atoms with Crippen molar-refractivity contribution in [3.63, 3.8) is 0 Å². The van der Waals surface area contributed by atoms with Gasteiger partial charge in [-0.3, -0.25) is 9.59 Å². The molecule has 0 fully saturated rings. The summed E-state index contributed by atoms with van der Waals surface area (Å²) >= 11 is 0. The number of hydrogen-bond donors (Lipinski definition) is 2. The van der Waals surface area contributed by atoms with E-state index in [0.717, 1.165) is 18.9 Å². The second-order valence-corrected chi connectivity index (χ2v) is 4.75. The van der Waals surface area contributed by atoms with E-state index < -0.39 is 11.7 Å². The highest BCUT2D eigenvalue weighted by Gasteiger charge is 2.19. The molecule has 1 rings (SSSR count). The van der Waals surface area contributed by atoms with Crippen LogP contribution in [0.1, 0.15) is 37.0 Å². The van der Waals surface area contributed by atoms with Crippen LogP contribution in [-0.2, 0) is 4.79 Å². The average Bonchev–Trinajstić information content (AvgIpc) is 2.44. The van der Waals surface area contributed by atoms with Crippen LogP contribution in [0.3, 0.4) is 0 Å². The molecular formula is C15H21FN2O3. The third-order valence-corrected chi connectivity index (χ3v) is 2.96. The van der Waals surface area contributed by atoms with E-state index >= 15 is 0 Å². The van der Waals surface area contributed by atoms with Gasteiger partial charge in [0.15, 0.2) is 0 Å². The van der Waals surface area contributed by atoms with E-state index in [1.54, 1.807) is 0 Å². The fraction of sp³-hybridized carbons (Fsp3) is 0.467. The minimum absolute atomic E-state index is 0.106. The van der Waals surface area contributed by atoms with Gasteiger partial charge >= 0.3 is 0 Å². The molecule has 0 heterocycles. The monoisotopic (exact) mass is 296 g/mol. The topological polar surface area (TPSA) is 69.6 Å². The molecule has 0 bridgehead atoms. The quantitative estimate of drug-likeness (QED) is 0.808. The Morgan fingerprint density at radius 1 is 1.33 bits per heavy atom. The molecule has 0 spiro atoms. The Bertz CT molecular complexity index is 506. The van der Waals surface area contributed by atoms with Crippen LogP contribution in [0.5, 0.6) is 0 Å². The zero-order valence-electron chi connectivity index (χ0n) is 12.4. The summed E-state index contributed by atoms with van der Waals surface area (Å²) in [6.45, 7) is 3.76. The second kappa shape index (κ2) is 8.36. The van der Waals surface area contributed by atoms with Gasteiger partial charge in [0.2, 0.25) is 5.91 Å². The predicted octanol–water partition coefficient (Wildman–Crippen LogP) is 2.02. The minimum Gasteiger partial charge on any atom is -0.395 e. The van der Waals surface area contributed by atoms with Crippen molar-refractivity contribution < 1.29 is 19.1 Å². The van der Waals surface area contributed by atoms with Gasteiger partial charge in [-0.1, -0.05) is 13.3 Å². The molecule has 0 aliphatic rings. The highest BCUT2D eigenvalue weighted by atomic mass is 19.1. The number of amides is 2. The summed E-state index contributed by atoms with van der Waals surface area (Å²) in [5.41, 5.74) is 0.262. The Labute approximate surface area is 123 Å². The number of carbonyl (C=O) groups excluding carboxylic acids is 2. The maximum atomic E-state index is 13.9. The van der Waals surface area contributed by atoms with Gasteiger partial charge in [-0.15, -0.1) is 0 Å². The fourth-order valence-corrected chi connectivity index (χ4v) is 1.93. The molecule has 0 aliphatic carbocycles. The molecule has 116 valence electrons. The van der Waals surface area contributed by atoms with Crippen molar-refractivity contribution in [1.29, 1.82) is 0 Å². The smallest absolute Gasteiger partial charge is 0.256 e. The van der Waals surface area contributed by atoms with Gasteiger partial charge in [0.05, 0.1) is 12.2 Å². The summed E-state index contributed by atoms with van der Waals surface area (Å²) in [4.78, 5) is 24.8. The van der Waals surface area contributed by atoms with E-state index in [1.807, 2.05) is 6.92 Å². The summed E-state index contributed by atoms with van der Waals surface area (Å²) in [7, 11) is 0. The third kappa shape index (κ3) is 5.15. The molecule has 1 aromatic carbocycles. The van der Waals surface area contributed by atoms with Gasteiger partial charge in [0.1, 0.15) is 5.82 Å². The average molecular weight is 296 g/mol. The van der Waals surface area contributed by atoms with Crippen molar-refractivity contribution in [2.45, 2.75) is 26.7 Å². The summed E-state index contributed by atoms with van der Waals surface area (Å²) in [5.74, 6) is -1.42. The summed E-state index contributed by atoms with van der Waals surface area (Å²) in [6, 6.07) is 3.86. The third-order valence-electron chi connectivity index (χ3n) is 2.96. The van der Waals surface area contributed by atoms with Crippen LogP contribution >= 0.6 is 0 Å². The molecular weight excluding hydrogens is 275 g/mol. The second-order valence-electron chi connectivity index (χ2n) is 4.75. The number of hydrogen-bond acceptors (Lipinski definition) is 3. The molecule has 0 aromatic heterocycles. The highest BCUT2D eigenvalue weighted by molar-refractivity contribution is 5.97. The largest absolute Gasteiger partial charge is 0.395 e. The van der Waals surface area contributed by atoms with Gasteiger partial charge in [-0.05, 0) is 24.6 Å². The zero-order valence-corrected chi connectivity index (χ0v) is 12.4. The van der Waals surface area contributed by atoms with Crippen molar-refractivity contribution in [3.05, 3.63) is 29.6 Å². The van der Waals surface area contributed by atoms with E-state index in [4.69, 9.17) is 5.11 Å². The Morgan fingerprint density at radius 2 is 2.05 bits per heavy atom. The molecule has 6 heteroatoms. The molecule has 5 nitrogen and oxygen atoms in total. The van der Waals surface area contributed by atoms with Gasteiger partial charge in [-0.25, -0.2) is 4.39 Å². The van der Waals surface area contributed by atoms with Crippen molar-refractivity contribution in [2.75, 3.05) is 25.0 Å². The first-order chi connectivity index (χ1) is 9.99. The van der Waals surface area contributed by atoms with Crippen LogP contribution in [0.25, 0.3) is 0 Å². The molecule has 0 aliphatic heterocycles. The fourth-order valence-electron chi connectivity index (χ4n) is 1.93. The molecule has 0 unspecified atom stereocenters. The Hall–Kier alpha value is -1.95.